The summed E-state index contributed by atoms with van der Waals surface area (Å²) >= 11 is 0. The standard InChI is InChI=1S/C54H53BN2O/c1-30-24-43-47-44(25-30)57-48-37(46-36-16-13-14-18-38(36)54(11,12)50(46)57)26-33(53(8,9)10)27-40(48)55(47)39-23-21-31(51(2,3)4)28-42(39)56(43)41-19-15-17-35-34-22-20-32(52(5,6)7)29-45(34)58-49(35)41/h13-29H,1-12H3. The molecule has 0 saturated carbocycles. The minimum Gasteiger partial charge on any atom is -0.454 e. The summed E-state index contributed by atoms with van der Waals surface area (Å²) in [7, 11) is 0. The highest BCUT2D eigenvalue weighted by atomic mass is 16.3. The fraction of sp³-hybridized carbons (Fsp3) is 0.296. The Labute approximate surface area is 343 Å². The molecule has 2 aromatic heterocycles. The Morgan fingerprint density at radius 1 is 0.569 bits per heavy atom. The first-order valence-electron chi connectivity index (χ1n) is 21.2. The molecule has 1 aliphatic carbocycles. The van der Waals surface area contributed by atoms with Gasteiger partial charge in [-0.2, -0.15) is 0 Å². The maximum Gasteiger partial charge on any atom is 0.252 e. The highest BCUT2D eigenvalue weighted by Gasteiger charge is 2.48. The van der Waals surface area contributed by atoms with Gasteiger partial charge < -0.3 is 13.9 Å². The molecule has 0 N–H and O–H groups in total. The number of furan rings is 1. The van der Waals surface area contributed by atoms with E-state index in [2.05, 4.69) is 196 Å². The fourth-order valence-corrected chi connectivity index (χ4v) is 10.7. The van der Waals surface area contributed by atoms with Crippen LogP contribution in [-0.4, -0.2) is 11.3 Å². The summed E-state index contributed by atoms with van der Waals surface area (Å²) in [5, 5.41) is 3.68. The van der Waals surface area contributed by atoms with E-state index in [0.29, 0.717) is 0 Å². The summed E-state index contributed by atoms with van der Waals surface area (Å²) in [6.45, 7) is 28.1. The lowest BCUT2D eigenvalue weighted by Gasteiger charge is -2.42. The van der Waals surface area contributed by atoms with Crippen molar-refractivity contribution in [3.05, 3.63) is 137 Å². The molecule has 0 spiro atoms. The van der Waals surface area contributed by atoms with Crippen molar-refractivity contribution in [3.63, 3.8) is 0 Å². The van der Waals surface area contributed by atoms with Gasteiger partial charge in [-0.05, 0) is 109 Å². The molecule has 288 valence electrons. The van der Waals surface area contributed by atoms with Crippen molar-refractivity contribution < 1.29 is 4.42 Å². The Morgan fingerprint density at radius 2 is 1.26 bits per heavy atom. The second kappa shape index (κ2) is 11.2. The van der Waals surface area contributed by atoms with Gasteiger partial charge in [-0.15, -0.1) is 0 Å². The summed E-state index contributed by atoms with van der Waals surface area (Å²) in [4.78, 5) is 2.56. The Balaban J connectivity index is 1.29. The molecule has 0 atom stereocenters. The molecule has 3 nitrogen and oxygen atoms in total. The first kappa shape index (κ1) is 35.7. The van der Waals surface area contributed by atoms with E-state index in [4.69, 9.17) is 4.42 Å². The van der Waals surface area contributed by atoms with E-state index >= 15 is 0 Å². The zero-order chi connectivity index (χ0) is 40.6. The molecule has 0 saturated heterocycles. The summed E-state index contributed by atoms with van der Waals surface area (Å²) in [5.41, 5.74) is 22.8. The third-order valence-corrected chi connectivity index (χ3v) is 13.8. The normalized spacial score (nSPS) is 15.3. The van der Waals surface area contributed by atoms with E-state index in [1.165, 1.54) is 89.0 Å². The lowest BCUT2D eigenvalue weighted by molar-refractivity contribution is 0.587. The van der Waals surface area contributed by atoms with E-state index in [1.54, 1.807) is 0 Å². The topological polar surface area (TPSA) is 21.3 Å². The largest absolute Gasteiger partial charge is 0.454 e. The molecule has 3 aliphatic rings. The molecule has 8 aromatic rings. The number of nitrogens with zero attached hydrogens (tertiary/aromatic N) is 2. The number of aryl methyl sites for hydroxylation is 1. The van der Waals surface area contributed by atoms with Crippen molar-refractivity contribution in [3.8, 4) is 16.8 Å². The molecule has 6 aromatic carbocycles. The van der Waals surface area contributed by atoms with Crippen molar-refractivity contribution in [2.75, 3.05) is 4.90 Å². The van der Waals surface area contributed by atoms with Crippen LogP contribution in [0.1, 0.15) is 110 Å². The minimum absolute atomic E-state index is 0.0178. The van der Waals surface area contributed by atoms with Gasteiger partial charge in [0.15, 0.2) is 5.58 Å². The second-order valence-electron chi connectivity index (χ2n) is 21.2. The van der Waals surface area contributed by atoms with Crippen LogP contribution in [0, 0.1) is 6.92 Å². The summed E-state index contributed by atoms with van der Waals surface area (Å²) in [6, 6.07) is 40.0. The predicted molar refractivity (Wildman–Crippen MR) is 248 cm³/mol. The third kappa shape index (κ3) is 4.63. The third-order valence-electron chi connectivity index (χ3n) is 13.8. The van der Waals surface area contributed by atoms with Crippen LogP contribution in [0.5, 0.6) is 0 Å². The number of fused-ring (bicyclic) bond motifs is 12. The molecule has 0 amide bonds. The van der Waals surface area contributed by atoms with Gasteiger partial charge >= 0.3 is 0 Å². The summed E-state index contributed by atoms with van der Waals surface area (Å²) in [6.07, 6.45) is 0. The lowest BCUT2D eigenvalue weighted by atomic mass is 9.33. The van der Waals surface area contributed by atoms with E-state index in [-0.39, 0.29) is 28.4 Å². The second-order valence-corrected chi connectivity index (χ2v) is 21.2. The van der Waals surface area contributed by atoms with Crippen LogP contribution < -0.4 is 21.3 Å². The number of anilines is 3. The lowest BCUT2D eigenvalue weighted by Crippen LogP contribution is -2.61. The number of aromatic nitrogens is 1. The first-order valence-corrected chi connectivity index (χ1v) is 21.2. The fourth-order valence-electron chi connectivity index (χ4n) is 10.7. The maximum absolute atomic E-state index is 7.05. The van der Waals surface area contributed by atoms with Crippen molar-refractivity contribution >= 4 is 73.0 Å². The highest BCUT2D eigenvalue weighted by molar-refractivity contribution is 7.00. The number of para-hydroxylation sites is 1. The Kier molecular flexibility index (Phi) is 6.87. The molecule has 58 heavy (non-hydrogen) atoms. The molecule has 2 aliphatic heterocycles. The zero-order valence-electron chi connectivity index (χ0n) is 36.2. The molecular formula is C54H53BN2O. The van der Waals surface area contributed by atoms with Crippen molar-refractivity contribution in [1.82, 2.24) is 4.57 Å². The van der Waals surface area contributed by atoms with Gasteiger partial charge in [0.1, 0.15) is 5.58 Å². The van der Waals surface area contributed by atoms with Crippen molar-refractivity contribution in [2.24, 2.45) is 0 Å². The van der Waals surface area contributed by atoms with Gasteiger partial charge in [0, 0.05) is 55.4 Å². The van der Waals surface area contributed by atoms with Crippen LogP contribution >= 0.6 is 0 Å². The Hall–Kier alpha value is -5.48. The van der Waals surface area contributed by atoms with E-state index in [0.717, 1.165) is 27.6 Å². The van der Waals surface area contributed by atoms with Gasteiger partial charge in [0.05, 0.1) is 5.69 Å². The van der Waals surface area contributed by atoms with Gasteiger partial charge in [-0.1, -0.05) is 143 Å². The van der Waals surface area contributed by atoms with Crippen molar-refractivity contribution in [1.29, 1.82) is 0 Å². The molecule has 0 unspecified atom stereocenters. The van der Waals surface area contributed by atoms with Gasteiger partial charge in [0.25, 0.3) is 6.71 Å². The number of rotatable bonds is 1. The first-order chi connectivity index (χ1) is 27.3. The predicted octanol–water partition coefficient (Wildman–Crippen LogP) is 12.6. The van der Waals surface area contributed by atoms with E-state index in [1.807, 2.05) is 0 Å². The molecular weight excluding hydrogens is 703 g/mol. The van der Waals surface area contributed by atoms with Crippen molar-refractivity contribution in [2.45, 2.75) is 105 Å². The highest BCUT2D eigenvalue weighted by Crippen LogP contribution is 2.55. The SMILES string of the molecule is Cc1cc2c3c(c1)-n1c4c(c5cc(C(C)(C)C)cc(c51)B3c1ccc(C(C)(C)C)cc1N2c1cccc2c1oc1cc(C(C)(C)C)ccc12)-c1ccccc1C4(C)C. The molecule has 0 bridgehead atoms. The van der Waals surface area contributed by atoms with Gasteiger partial charge in [-0.25, -0.2) is 0 Å². The van der Waals surface area contributed by atoms with Gasteiger partial charge in [0.2, 0.25) is 0 Å². The number of benzene rings is 6. The number of hydrogen-bond acceptors (Lipinski definition) is 2. The van der Waals surface area contributed by atoms with Crippen LogP contribution in [0.4, 0.5) is 17.1 Å². The Morgan fingerprint density at radius 3 is 2.00 bits per heavy atom. The van der Waals surface area contributed by atoms with Crippen LogP contribution in [0.3, 0.4) is 0 Å². The maximum atomic E-state index is 7.05. The number of hydrogen-bond donors (Lipinski definition) is 0. The van der Waals surface area contributed by atoms with Gasteiger partial charge in [-0.3, -0.25) is 0 Å². The van der Waals surface area contributed by atoms with Crippen LogP contribution in [0.15, 0.2) is 108 Å². The van der Waals surface area contributed by atoms with E-state index < -0.39 is 0 Å². The molecule has 4 heteroatoms. The Bertz CT molecular complexity index is 3110. The minimum atomic E-state index is -0.187. The van der Waals surface area contributed by atoms with Crippen LogP contribution in [-0.2, 0) is 21.7 Å². The quantitative estimate of drug-likeness (QED) is 0.156. The molecule has 11 rings (SSSR count). The average Bonchev–Trinajstić information content (AvgIpc) is 3.78. The monoisotopic (exact) mass is 756 g/mol. The smallest absolute Gasteiger partial charge is 0.252 e. The van der Waals surface area contributed by atoms with Crippen LogP contribution in [0.25, 0.3) is 49.7 Å². The van der Waals surface area contributed by atoms with E-state index in [9.17, 15) is 0 Å². The molecule has 0 radical (unpaired) electrons. The van der Waals surface area contributed by atoms with Crippen LogP contribution in [0.2, 0.25) is 0 Å². The summed E-state index contributed by atoms with van der Waals surface area (Å²) in [5.74, 6) is 0. The molecule has 0 fully saturated rings. The summed E-state index contributed by atoms with van der Waals surface area (Å²) < 4.78 is 9.74. The average molecular weight is 757 g/mol. The molecule has 4 heterocycles. The zero-order valence-corrected chi connectivity index (χ0v) is 36.2.